The van der Waals surface area contributed by atoms with Crippen molar-refractivity contribution in [2.24, 2.45) is 0 Å². The highest BCUT2D eigenvalue weighted by atomic mass is 32.1. The third-order valence-corrected chi connectivity index (χ3v) is 5.38. The second kappa shape index (κ2) is 6.40. The maximum absolute atomic E-state index is 5.65. The molecule has 5 heteroatoms. The Hall–Kier alpha value is -2.14. The number of nitrogens with zero attached hydrogens (tertiary/aromatic N) is 2. The molecule has 2 aromatic heterocycles. The SMILES string of the molecule is CCOc1ccc2nc(C)cc(Nc3nc4c(s3)CCCC4)c2c1. The van der Waals surface area contributed by atoms with Gasteiger partial charge in [-0.05, 0) is 63.8 Å². The van der Waals surface area contributed by atoms with Gasteiger partial charge in [0.05, 0.1) is 23.5 Å². The molecule has 0 radical (unpaired) electrons. The molecular formula is C19H21N3OS. The first-order valence-corrected chi connectivity index (χ1v) is 9.34. The summed E-state index contributed by atoms with van der Waals surface area (Å²) in [5.41, 5.74) is 4.29. The van der Waals surface area contributed by atoms with Crippen molar-refractivity contribution in [3.05, 3.63) is 40.5 Å². The molecule has 4 rings (SSSR count). The number of ether oxygens (including phenoxy) is 1. The second-order valence-corrected chi connectivity index (χ2v) is 7.23. The lowest BCUT2D eigenvalue weighted by Gasteiger charge is -2.10. The average molecular weight is 339 g/mol. The molecule has 1 N–H and O–H groups in total. The van der Waals surface area contributed by atoms with Crippen LogP contribution in [0.15, 0.2) is 24.3 Å². The number of fused-ring (bicyclic) bond motifs is 2. The lowest BCUT2D eigenvalue weighted by molar-refractivity contribution is 0.340. The van der Waals surface area contributed by atoms with Crippen molar-refractivity contribution in [1.82, 2.24) is 9.97 Å². The zero-order valence-electron chi connectivity index (χ0n) is 14.1. The number of aryl methyl sites for hydroxylation is 3. The molecule has 0 spiro atoms. The van der Waals surface area contributed by atoms with Gasteiger partial charge in [-0.3, -0.25) is 4.98 Å². The van der Waals surface area contributed by atoms with Crippen LogP contribution in [0.4, 0.5) is 10.8 Å². The number of thiazole rings is 1. The summed E-state index contributed by atoms with van der Waals surface area (Å²) in [7, 11) is 0. The highest BCUT2D eigenvalue weighted by Crippen LogP contribution is 2.34. The van der Waals surface area contributed by atoms with Gasteiger partial charge in [0.1, 0.15) is 5.75 Å². The summed E-state index contributed by atoms with van der Waals surface area (Å²) < 4.78 is 5.65. The van der Waals surface area contributed by atoms with E-state index >= 15 is 0 Å². The molecular weight excluding hydrogens is 318 g/mol. The molecule has 24 heavy (non-hydrogen) atoms. The zero-order chi connectivity index (χ0) is 16.5. The molecule has 0 fully saturated rings. The number of anilines is 2. The van der Waals surface area contributed by atoms with Crippen molar-refractivity contribution in [1.29, 1.82) is 0 Å². The average Bonchev–Trinajstić information content (AvgIpc) is 2.98. The molecule has 0 unspecified atom stereocenters. The molecule has 0 saturated heterocycles. The Balaban J connectivity index is 1.74. The molecule has 0 saturated carbocycles. The van der Waals surface area contributed by atoms with Crippen LogP contribution in [-0.2, 0) is 12.8 Å². The topological polar surface area (TPSA) is 47.0 Å². The molecule has 0 bridgehead atoms. The maximum atomic E-state index is 5.65. The van der Waals surface area contributed by atoms with Crippen molar-refractivity contribution in [2.75, 3.05) is 11.9 Å². The van der Waals surface area contributed by atoms with Crippen LogP contribution in [0.5, 0.6) is 5.75 Å². The fourth-order valence-corrected chi connectivity index (χ4v) is 4.28. The number of rotatable bonds is 4. The monoisotopic (exact) mass is 339 g/mol. The van der Waals surface area contributed by atoms with Crippen LogP contribution in [0.25, 0.3) is 10.9 Å². The minimum atomic E-state index is 0.659. The molecule has 1 aliphatic rings. The van der Waals surface area contributed by atoms with Crippen molar-refractivity contribution < 1.29 is 4.74 Å². The maximum Gasteiger partial charge on any atom is 0.187 e. The number of pyridine rings is 1. The molecule has 0 amide bonds. The Morgan fingerprint density at radius 2 is 2.04 bits per heavy atom. The standard InChI is InChI=1S/C19H21N3OS/c1-3-23-13-8-9-15-14(11-13)17(10-12(2)20-15)22-19-21-16-6-4-5-7-18(16)24-19/h8-11H,3-7H2,1-2H3,(H,20,21,22). The Kier molecular flexibility index (Phi) is 4.10. The van der Waals surface area contributed by atoms with Crippen molar-refractivity contribution in [3.8, 4) is 5.75 Å². The number of hydrogen-bond acceptors (Lipinski definition) is 5. The van der Waals surface area contributed by atoms with Crippen LogP contribution in [0.2, 0.25) is 0 Å². The summed E-state index contributed by atoms with van der Waals surface area (Å²) in [6, 6.07) is 8.13. The van der Waals surface area contributed by atoms with E-state index in [0.717, 1.165) is 39.6 Å². The Morgan fingerprint density at radius 3 is 2.88 bits per heavy atom. The highest BCUT2D eigenvalue weighted by molar-refractivity contribution is 7.15. The van der Waals surface area contributed by atoms with Gasteiger partial charge in [0, 0.05) is 16.0 Å². The van der Waals surface area contributed by atoms with Crippen molar-refractivity contribution in [2.45, 2.75) is 39.5 Å². The predicted octanol–water partition coefficient (Wildman–Crippen LogP) is 5.02. The molecule has 1 aromatic carbocycles. The molecule has 0 aliphatic heterocycles. The minimum Gasteiger partial charge on any atom is -0.494 e. The summed E-state index contributed by atoms with van der Waals surface area (Å²) in [6.07, 6.45) is 4.81. The summed E-state index contributed by atoms with van der Waals surface area (Å²) in [5.74, 6) is 0.872. The summed E-state index contributed by atoms with van der Waals surface area (Å²) in [4.78, 5) is 10.9. The smallest absolute Gasteiger partial charge is 0.187 e. The van der Waals surface area contributed by atoms with Gasteiger partial charge >= 0.3 is 0 Å². The summed E-state index contributed by atoms with van der Waals surface area (Å²) in [5, 5.41) is 5.58. The van der Waals surface area contributed by atoms with Crippen LogP contribution >= 0.6 is 11.3 Å². The van der Waals surface area contributed by atoms with Gasteiger partial charge in [-0.2, -0.15) is 0 Å². The van der Waals surface area contributed by atoms with Gasteiger partial charge in [-0.1, -0.05) is 0 Å². The largest absolute Gasteiger partial charge is 0.494 e. The number of benzene rings is 1. The Morgan fingerprint density at radius 1 is 1.17 bits per heavy atom. The number of aromatic nitrogens is 2. The van der Waals surface area contributed by atoms with E-state index in [0.29, 0.717) is 6.61 Å². The molecule has 1 aliphatic carbocycles. The quantitative estimate of drug-likeness (QED) is 0.725. The van der Waals surface area contributed by atoms with E-state index < -0.39 is 0 Å². The van der Waals surface area contributed by atoms with E-state index in [1.54, 1.807) is 11.3 Å². The van der Waals surface area contributed by atoms with E-state index in [-0.39, 0.29) is 0 Å². The van der Waals surface area contributed by atoms with Gasteiger partial charge in [0.2, 0.25) is 0 Å². The third-order valence-electron chi connectivity index (χ3n) is 4.31. The third kappa shape index (κ3) is 2.96. The van der Waals surface area contributed by atoms with Crippen LogP contribution < -0.4 is 10.1 Å². The van der Waals surface area contributed by atoms with E-state index in [9.17, 15) is 0 Å². The number of nitrogens with one attached hydrogen (secondary N) is 1. The summed E-state index contributed by atoms with van der Waals surface area (Å²) >= 11 is 1.79. The molecule has 2 heterocycles. The lowest BCUT2D eigenvalue weighted by atomic mass is 10.0. The van der Waals surface area contributed by atoms with Crippen LogP contribution in [0, 0.1) is 6.92 Å². The summed E-state index contributed by atoms with van der Waals surface area (Å²) in [6.45, 7) is 4.68. The van der Waals surface area contributed by atoms with Crippen LogP contribution in [-0.4, -0.2) is 16.6 Å². The molecule has 3 aromatic rings. The van der Waals surface area contributed by atoms with Gasteiger partial charge < -0.3 is 10.1 Å². The Labute approximate surface area is 145 Å². The first-order chi connectivity index (χ1) is 11.7. The van der Waals surface area contributed by atoms with Crippen LogP contribution in [0.1, 0.15) is 36.0 Å². The van der Waals surface area contributed by atoms with Crippen molar-refractivity contribution >= 4 is 33.1 Å². The van der Waals surface area contributed by atoms with Crippen LogP contribution in [0.3, 0.4) is 0 Å². The van der Waals surface area contributed by atoms with Gasteiger partial charge in [-0.25, -0.2) is 4.98 Å². The van der Waals surface area contributed by atoms with E-state index in [1.807, 2.05) is 26.0 Å². The fraction of sp³-hybridized carbons (Fsp3) is 0.368. The van der Waals surface area contributed by atoms with Gasteiger partial charge in [-0.15, -0.1) is 11.3 Å². The first-order valence-electron chi connectivity index (χ1n) is 8.53. The molecule has 0 atom stereocenters. The zero-order valence-corrected chi connectivity index (χ0v) is 14.9. The molecule has 124 valence electrons. The molecule has 4 nitrogen and oxygen atoms in total. The number of hydrogen-bond donors (Lipinski definition) is 1. The fourth-order valence-electron chi connectivity index (χ4n) is 3.22. The first kappa shape index (κ1) is 15.4. The van der Waals surface area contributed by atoms with Gasteiger partial charge in [0.25, 0.3) is 0 Å². The lowest BCUT2D eigenvalue weighted by Crippen LogP contribution is -1.99. The predicted molar refractivity (Wildman–Crippen MR) is 99.7 cm³/mol. The van der Waals surface area contributed by atoms with E-state index in [2.05, 4.69) is 22.4 Å². The second-order valence-electron chi connectivity index (χ2n) is 6.14. The van der Waals surface area contributed by atoms with Crippen molar-refractivity contribution in [3.63, 3.8) is 0 Å². The van der Waals surface area contributed by atoms with E-state index in [4.69, 9.17) is 9.72 Å². The van der Waals surface area contributed by atoms with Gasteiger partial charge in [0.15, 0.2) is 5.13 Å². The van der Waals surface area contributed by atoms with E-state index in [1.165, 1.54) is 29.8 Å². The normalized spacial score (nSPS) is 13.8. The highest BCUT2D eigenvalue weighted by Gasteiger charge is 2.16. The minimum absolute atomic E-state index is 0.659. The Bertz CT molecular complexity index is 864.